The van der Waals surface area contributed by atoms with E-state index in [0.717, 1.165) is 37.4 Å². The predicted octanol–water partition coefficient (Wildman–Crippen LogP) is 4.31. The van der Waals surface area contributed by atoms with Gasteiger partial charge in [0.15, 0.2) is 0 Å². The van der Waals surface area contributed by atoms with Crippen LogP contribution in [-0.2, 0) is 11.1 Å². The Morgan fingerprint density at radius 1 is 1.20 bits per heavy atom. The number of nitrogens with one attached hydrogen (secondary N) is 1. The quantitative estimate of drug-likeness (QED) is 0.520. The summed E-state index contributed by atoms with van der Waals surface area (Å²) in [5.74, 6) is 0. The van der Waals surface area contributed by atoms with Gasteiger partial charge >= 0.3 is 0 Å². The van der Waals surface area contributed by atoms with Crippen LogP contribution in [0.3, 0.4) is 0 Å². The summed E-state index contributed by atoms with van der Waals surface area (Å²) in [5.41, 5.74) is 1.17. The molecule has 0 spiro atoms. The van der Waals surface area contributed by atoms with Crippen molar-refractivity contribution in [3.8, 4) is 0 Å². The molecule has 0 amide bonds. The topological polar surface area (TPSA) is 49.3 Å². The van der Waals surface area contributed by atoms with Crippen LogP contribution < -0.4 is 5.32 Å². The number of unbranched alkanes of at least 4 members (excludes halogenated alkanes) is 1. The molecule has 6 heteroatoms. The van der Waals surface area contributed by atoms with Gasteiger partial charge in [0.1, 0.15) is 0 Å². The molecule has 1 aromatic rings. The van der Waals surface area contributed by atoms with E-state index in [0.29, 0.717) is 12.3 Å². The molecule has 0 heterocycles. The van der Waals surface area contributed by atoms with Crippen molar-refractivity contribution in [3.63, 3.8) is 0 Å². The second kappa shape index (κ2) is 10.6. The Hall–Kier alpha value is -0.0500. The minimum Gasteiger partial charge on any atom is -0.344 e. The van der Waals surface area contributed by atoms with Crippen molar-refractivity contribution in [3.05, 3.63) is 34.9 Å². The molecule has 0 saturated carbocycles. The van der Waals surface area contributed by atoms with E-state index in [1.54, 1.807) is 0 Å². The highest BCUT2D eigenvalue weighted by Crippen LogP contribution is 2.41. The van der Waals surface area contributed by atoms with Crippen molar-refractivity contribution in [1.82, 2.24) is 5.32 Å². The molecule has 0 saturated heterocycles. The molecule has 0 aliphatic carbocycles. The Balaban J connectivity index is 0.00000361. The van der Waals surface area contributed by atoms with Crippen molar-refractivity contribution in [2.24, 2.45) is 0 Å². The molecule has 0 aliphatic heterocycles. The van der Waals surface area contributed by atoms with Gasteiger partial charge in [-0.05, 0) is 37.1 Å². The molecular formula is C14H24Cl2NO2P. The molecule has 1 aromatic carbocycles. The lowest BCUT2D eigenvalue weighted by molar-refractivity contribution is 0.472. The molecule has 20 heavy (non-hydrogen) atoms. The van der Waals surface area contributed by atoms with Crippen LogP contribution in [0.4, 0.5) is 0 Å². The fourth-order valence-corrected chi connectivity index (χ4v) is 3.62. The maximum Gasteiger partial charge on any atom is 0.200 e. The summed E-state index contributed by atoms with van der Waals surface area (Å²) < 4.78 is 11.8. The van der Waals surface area contributed by atoms with E-state index in [1.807, 2.05) is 31.2 Å². The fourth-order valence-electron chi connectivity index (χ4n) is 1.80. The van der Waals surface area contributed by atoms with E-state index < -0.39 is 7.37 Å². The largest absolute Gasteiger partial charge is 0.344 e. The minimum absolute atomic E-state index is 0. The zero-order chi connectivity index (χ0) is 14.1. The highest BCUT2D eigenvalue weighted by atomic mass is 35.5. The van der Waals surface area contributed by atoms with Crippen LogP contribution in [0.2, 0.25) is 5.02 Å². The van der Waals surface area contributed by atoms with Crippen LogP contribution in [0.25, 0.3) is 0 Å². The molecule has 116 valence electrons. The average Bonchev–Trinajstić information content (AvgIpc) is 2.38. The van der Waals surface area contributed by atoms with Crippen LogP contribution in [0.15, 0.2) is 24.3 Å². The highest BCUT2D eigenvalue weighted by Gasteiger charge is 2.15. The van der Waals surface area contributed by atoms with Crippen LogP contribution >= 0.6 is 31.4 Å². The van der Waals surface area contributed by atoms with E-state index in [9.17, 15) is 9.46 Å². The summed E-state index contributed by atoms with van der Waals surface area (Å²) >= 11 is 5.81. The van der Waals surface area contributed by atoms with Gasteiger partial charge in [-0.1, -0.05) is 37.1 Å². The molecule has 0 fully saturated rings. The fraction of sp³-hybridized carbons (Fsp3) is 0.571. The molecule has 1 rings (SSSR count). The van der Waals surface area contributed by atoms with Crippen LogP contribution in [0.1, 0.15) is 31.7 Å². The third-order valence-electron chi connectivity index (χ3n) is 2.96. The zero-order valence-corrected chi connectivity index (χ0v) is 14.3. The number of hydrogen-bond donors (Lipinski definition) is 2. The van der Waals surface area contributed by atoms with Gasteiger partial charge in [0.25, 0.3) is 0 Å². The normalized spacial score (nSPS) is 13.6. The second-order valence-electron chi connectivity index (χ2n) is 4.80. The monoisotopic (exact) mass is 339 g/mol. The molecule has 3 nitrogen and oxygen atoms in total. The summed E-state index contributed by atoms with van der Waals surface area (Å²) in [6.07, 6.45) is 3.43. The second-order valence-corrected chi connectivity index (χ2v) is 7.83. The lowest BCUT2D eigenvalue weighted by Gasteiger charge is -2.11. The van der Waals surface area contributed by atoms with Crippen LogP contribution in [-0.4, -0.2) is 23.8 Å². The van der Waals surface area contributed by atoms with Gasteiger partial charge in [-0.15, -0.1) is 12.4 Å². The first-order valence-corrected chi connectivity index (χ1v) is 9.20. The molecule has 2 N–H and O–H groups in total. The predicted molar refractivity (Wildman–Crippen MR) is 89.5 cm³/mol. The van der Waals surface area contributed by atoms with Gasteiger partial charge in [-0.2, -0.15) is 0 Å². The van der Waals surface area contributed by atoms with Gasteiger partial charge in [0.05, 0.1) is 0 Å². The van der Waals surface area contributed by atoms with Crippen molar-refractivity contribution in [2.75, 3.05) is 18.9 Å². The summed E-state index contributed by atoms with van der Waals surface area (Å²) in [4.78, 5) is 9.71. The van der Waals surface area contributed by atoms with Crippen molar-refractivity contribution in [1.29, 1.82) is 0 Å². The summed E-state index contributed by atoms with van der Waals surface area (Å²) in [6.45, 7) is 3.56. The first-order valence-electron chi connectivity index (χ1n) is 6.79. The Morgan fingerprint density at radius 3 is 2.40 bits per heavy atom. The summed E-state index contributed by atoms with van der Waals surface area (Å²) in [5, 5.41) is 4.01. The SMILES string of the molecule is CCCCP(=O)(O)CCCNCc1ccc(Cl)cc1.Cl. The molecule has 1 unspecified atom stereocenters. The molecule has 1 atom stereocenters. The Kier molecular flexibility index (Phi) is 10.6. The van der Waals surface area contributed by atoms with Gasteiger partial charge in [0, 0.05) is 23.9 Å². The van der Waals surface area contributed by atoms with Crippen LogP contribution in [0, 0.1) is 0 Å². The van der Waals surface area contributed by atoms with Gasteiger partial charge in [-0.25, -0.2) is 0 Å². The van der Waals surface area contributed by atoms with E-state index in [-0.39, 0.29) is 12.4 Å². The van der Waals surface area contributed by atoms with Crippen LogP contribution in [0.5, 0.6) is 0 Å². The number of hydrogen-bond acceptors (Lipinski definition) is 2. The molecule has 0 radical (unpaired) electrons. The Bertz CT molecular complexity index is 412. The van der Waals surface area contributed by atoms with Crippen molar-refractivity contribution < 1.29 is 9.46 Å². The Morgan fingerprint density at radius 2 is 1.80 bits per heavy atom. The molecule has 0 aromatic heterocycles. The number of benzene rings is 1. The van der Waals surface area contributed by atoms with E-state index in [4.69, 9.17) is 11.6 Å². The van der Waals surface area contributed by atoms with Crippen molar-refractivity contribution >= 4 is 31.4 Å². The Labute approximate surface area is 133 Å². The third kappa shape index (κ3) is 8.99. The van der Waals surface area contributed by atoms with Crippen molar-refractivity contribution in [2.45, 2.75) is 32.7 Å². The minimum atomic E-state index is -2.89. The smallest absolute Gasteiger partial charge is 0.200 e. The number of halogens is 2. The summed E-state index contributed by atoms with van der Waals surface area (Å²) in [6, 6.07) is 7.69. The standard InChI is InChI=1S/C14H23ClNO2P.ClH/c1-2-3-10-19(17,18)11-4-9-16-12-13-5-7-14(15)8-6-13;/h5-8,16H,2-4,9-12H2,1H3,(H,17,18);1H. The highest BCUT2D eigenvalue weighted by molar-refractivity contribution is 7.57. The number of rotatable bonds is 9. The average molecular weight is 340 g/mol. The maximum absolute atomic E-state index is 11.8. The zero-order valence-electron chi connectivity index (χ0n) is 11.8. The lowest BCUT2D eigenvalue weighted by Crippen LogP contribution is -2.16. The van der Waals surface area contributed by atoms with E-state index in [1.165, 1.54) is 5.56 Å². The maximum atomic E-state index is 11.8. The first kappa shape index (κ1) is 19.9. The third-order valence-corrected chi connectivity index (χ3v) is 5.25. The summed E-state index contributed by atoms with van der Waals surface area (Å²) in [7, 11) is -2.89. The first-order chi connectivity index (χ1) is 9.03. The molecule has 0 aliphatic rings. The van der Waals surface area contributed by atoms with Gasteiger partial charge in [-0.3, -0.25) is 4.57 Å². The molecule has 0 bridgehead atoms. The van der Waals surface area contributed by atoms with E-state index >= 15 is 0 Å². The lowest BCUT2D eigenvalue weighted by atomic mass is 10.2. The van der Waals surface area contributed by atoms with Gasteiger partial charge < -0.3 is 10.2 Å². The van der Waals surface area contributed by atoms with Gasteiger partial charge in [0.2, 0.25) is 7.37 Å². The van der Waals surface area contributed by atoms with E-state index in [2.05, 4.69) is 5.32 Å². The molecular weight excluding hydrogens is 316 g/mol.